The maximum atomic E-state index is 10.2. The molecule has 0 saturated carbocycles. The zero-order chi connectivity index (χ0) is 21.6. The van der Waals surface area contributed by atoms with Gasteiger partial charge in [-0.3, -0.25) is 0 Å². The predicted molar refractivity (Wildman–Crippen MR) is 99.6 cm³/mol. The summed E-state index contributed by atoms with van der Waals surface area (Å²) in [6.07, 6.45) is -4.70. The lowest BCUT2D eigenvalue weighted by Gasteiger charge is -2.41. The van der Waals surface area contributed by atoms with Crippen LogP contribution in [-0.2, 0) is 18.9 Å². The summed E-state index contributed by atoms with van der Waals surface area (Å²) in [6.45, 7) is 4.44. The van der Waals surface area contributed by atoms with E-state index in [0.29, 0.717) is 6.42 Å². The summed E-state index contributed by atoms with van der Waals surface area (Å²) in [7, 11) is 0. The Balaban J connectivity index is 1.93. The van der Waals surface area contributed by atoms with Gasteiger partial charge in [0.1, 0.15) is 36.1 Å². The molecule has 2 fully saturated rings. The van der Waals surface area contributed by atoms with Crippen LogP contribution in [0.5, 0.6) is 0 Å². The Kier molecular flexibility index (Phi) is 9.42. The standard InChI is InChI=1S/C19H34O10/c1-3-5-6-7-11(4-2)28-17-15(23)14(22)13(21)12(29-17)8-26-18-16(24)19(25,9-20)10-27-18/h4,11-18,20-25H,2-3,5-10H2,1H3. The highest BCUT2D eigenvalue weighted by Gasteiger charge is 2.50. The van der Waals surface area contributed by atoms with E-state index in [4.69, 9.17) is 24.1 Å². The van der Waals surface area contributed by atoms with Crippen LogP contribution in [0.2, 0.25) is 0 Å². The molecule has 10 nitrogen and oxygen atoms in total. The van der Waals surface area contributed by atoms with Gasteiger partial charge in [0.05, 0.1) is 25.9 Å². The molecule has 2 saturated heterocycles. The number of hydrogen-bond donors (Lipinski definition) is 6. The number of hydrogen-bond acceptors (Lipinski definition) is 10. The maximum absolute atomic E-state index is 10.2. The van der Waals surface area contributed by atoms with Crippen molar-refractivity contribution in [2.75, 3.05) is 19.8 Å². The van der Waals surface area contributed by atoms with Crippen molar-refractivity contribution in [1.29, 1.82) is 0 Å². The number of aliphatic hydroxyl groups is 6. The first kappa shape index (κ1) is 24.6. The molecule has 0 amide bonds. The molecule has 0 spiro atoms. The quantitative estimate of drug-likeness (QED) is 0.169. The lowest BCUT2D eigenvalue weighted by molar-refractivity contribution is -0.315. The second-order valence-electron chi connectivity index (χ2n) is 7.64. The molecule has 0 aromatic rings. The Morgan fingerprint density at radius 1 is 1.14 bits per heavy atom. The molecule has 6 N–H and O–H groups in total. The molecule has 0 radical (unpaired) electrons. The minimum Gasteiger partial charge on any atom is -0.393 e. The van der Waals surface area contributed by atoms with Crippen molar-refractivity contribution in [3.05, 3.63) is 12.7 Å². The van der Waals surface area contributed by atoms with Crippen molar-refractivity contribution in [2.45, 2.75) is 87.4 Å². The highest BCUT2D eigenvalue weighted by atomic mass is 16.7. The highest BCUT2D eigenvalue weighted by Crippen LogP contribution is 2.28. The van der Waals surface area contributed by atoms with Crippen molar-refractivity contribution in [1.82, 2.24) is 0 Å². The normalized spacial score (nSPS) is 41.4. The van der Waals surface area contributed by atoms with Crippen molar-refractivity contribution in [2.24, 2.45) is 0 Å². The van der Waals surface area contributed by atoms with E-state index in [1.165, 1.54) is 0 Å². The number of rotatable bonds is 11. The third-order valence-electron chi connectivity index (χ3n) is 5.34. The topological polar surface area (TPSA) is 158 Å². The number of aliphatic hydroxyl groups excluding tert-OH is 5. The summed E-state index contributed by atoms with van der Waals surface area (Å²) in [6, 6.07) is 0. The lowest BCUT2D eigenvalue weighted by Crippen LogP contribution is -2.60. The maximum Gasteiger partial charge on any atom is 0.187 e. The van der Waals surface area contributed by atoms with E-state index in [2.05, 4.69) is 13.5 Å². The van der Waals surface area contributed by atoms with Crippen molar-refractivity contribution < 1.29 is 49.6 Å². The Morgan fingerprint density at radius 3 is 2.45 bits per heavy atom. The van der Waals surface area contributed by atoms with Crippen molar-refractivity contribution in [3.63, 3.8) is 0 Å². The number of ether oxygens (including phenoxy) is 4. The smallest absolute Gasteiger partial charge is 0.187 e. The monoisotopic (exact) mass is 422 g/mol. The van der Waals surface area contributed by atoms with Crippen LogP contribution in [0.1, 0.15) is 32.6 Å². The first-order chi connectivity index (χ1) is 13.8. The summed E-state index contributed by atoms with van der Waals surface area (Å²) in [4.78, 5) is 0. The molecule has 2 aliphatic rings. The van der Waals surface area contributed by atoms with Gasteiger partial charge in [0.25, 0.3) is 0 Å². The fraction of sp³-hybridized carbons (Fsp3) is 0.895. The average molecular weight is 422 g/mol. The molecular formula is C19H34O10. The third-order valence-corrected chi connectivity index (χ3v) is 5.34. The van der Waals surface area contributed by atoms with Gasteiger partial charge in [0.15, 0.2) is 12.6 Å². The molecule has 0 aliphatic carbocycles. The van der Waals surface area contributed by atoms with E-state index in [1.54, 1.807) is 6.08 Å². The molecule has 0 bridgehead atoms. The molecule has 2 heterocycles. The first-order valence-corrected chi connectivity index (χ1v) is 9.99. The summed E-state index contributed by atoms with van der Waals surface area (Å²) < 4.78 is 21.8. The third kappa shape index (κ3) is 5.95. The van der Waals surface area contributed by atoms with Crippen LogP contribution in [0, 0.1) is 0 Å². The van der Waals surface area contributed by atoms with Gasteiger partial charge >= 0.3 is 0 Å². The largest absolute Gasteiger partial charge is 0.393 e. The SMILES string of the molecule is C=CC(CCCCC)OC1OC(COC2OCC(O)(CO)C2O)C(O)C(O)C1O. The van der Waals surface area contributed by atoms with Gasteiger partial charge in [-0.2, -0.15) is 0 Å². The van der Waals surface area contributed by atoms with Gasteiger partial charge in [-0.1, -0.05) is 32.3 Å². The van der Waals surface area contributed by atoms with Gasteiger partial charge in [0.2, 0.25) is 0 Å². The van der Waals surface area contributed by atoms with Gasteiger partial charge in [-0.25, -0.2) is 0 Å². The van der Waals surface area contributed by atoms with Crippen LogP contribution in [0.15, 0.2) is 12.7 Å². The van der Waals surface area contributed by atoms with Crippen LogP contribution in [0.4, 0.5) is 0 Å². The first-order valence-electron chi connectivity index (χ1n) is 9.99. The highest BCUT2D eigenvalue weighted by molar-refractivity contribution is 4.95. The second-order valence-corrected chi connectivity index (χ2v) is 7.64. The fourth-order valence-electron chi connectivity index (χ4n) is 3.30. The Morgan fingerprint density at radius 2 is 1.86 bits per heavy atom. The van der Waals surface area contributed by atoms with E-state index in [9.17, 15) is 25.5 Å². The molecule has 2 aliphatic heterocycles. The average Bonchev–Trinajstić information content (AvgIpc) is 3.01. The van der Waals surface area contributed by atoms with E-state index in [1.807, 2.05) is 0 Å². The van der Waals surface area contributed by atoms with Crippen LogP contribution in [-0.4, -0.2) is 105 Å². The minimum atomic E-state index is -1.84. The van der Waals surface area contributed by atoms with Crippen LogP contribution in [0.3, 0.4) is 0 Å². The number of unbranched alkanes of at least 4 members (excludes halogenated alkanes) is 2. The molecule has 0 aromatic carbocycles. The van der Waals surface area contributed by atoms with Crippen LogP contribution >= 0.6 is 0 Å². The van der Waals surface area contributed by atoms with E-state index < -0.39 is 61.4 Å². The minimum absolute atomic E-state index is 0.317. The van der Waals surface area contributed by atoms with Gasteiger partial charge < -0.3 is 49.6 Å². The predicted octanol–water partition coefficient (Wildman–Crippen LogP) is -1.60. The van der Waals surface area contributed by atoms with Gasteiger partial charge in [0, 0.05) is 0 Å². The summed E-state index contributed by atoms with van der Waals surface area (Å²) >= 11 is 0. The molecule has 0 aromatic heterocycles. The van der Waals surface area contributed by atoms with Crippen LogP contribution in [0.25, 0.3) is 0 Å². The Labute approximate surface area is 170 Å². The summed E-state index contributed by atoms with van der Waals surface area (Å²) in [5.74, 6) is 0. The Bertz CT molecular complexity index is 505. The molecule has 2 rings (SSSR count). The molecular weight excluding hydrogens is 388 g/mol. The van der Waals surface area contributed by atoms with Crippen molar-refractivity contribution in [3.8, 4) is 0 Å². The second kappa shape index (κ2) is 11.1. The summed E-state index contributed by atoms with van der Waals surface area (Å²) in [5, 5.41) is 59.7. The zero-order valence-corrected chi connectivity index (χ0v) is 16.7. The van der Waals surface area contributed by atoms with Gasteiger partial charge in [-0.15, -0.1) is 6.58 Å². The summed E-state index contributed by atoms with van der Waals surface area (Å²) in [5.41, 5.74) is -1.84. The molecule has 10 heteroatoms. The van der Waals surface area contributed by atoms with Crippen molar-refractivity contribution >= 4 is 0 Å². The zero-order valence-electron chi connectivity index (χ0n) is 16.7. The Hall–Kier alpha value is -0.660. The molecule has 170 valence electrons. The van der Waals surface area contributed by atoms with E-state index in [-0.39, 0.29) is 13.2 Å². The van der Waals surface area contributed by atoms with Crippen LogP contribution < -0.4 is 0 Å². The lowest BCUT2D eigenvalue weighted by atomic mass is 9.99. The van der Waals surface area contributed by atoms with E-state index in [0.717, 1.165) is 19.3 Å². The fourth-order valence-corrected chi connectivity index (χ4v) is 3.30. The molecule has 9 atom stereocenters. The van der Waals surface area contributed by atoms with E-state index >= 15 is 0 Å². The van der Waals surface area contributed by atoms with Gasteiger partial charge in [-0.05, 0) is 6.42 Å². The molecule has 29 heavy (non-hydrogen) atoms. The molecule has 9 unspecified atom stereocenters.